The molecule has 1 aromatic carbocycles. The molecule has 3 aromatic rings. The Labute approximate surface area is 206 Å². The van der Waals surface area contributed by atoms with Crippen LogP contribution in [0, 0.1) is 5.82 Å². The first-order valence-corrected chi connectivity index (χ1v) is 11.3. The summed E-state index contributed by atoms with van der Waals surface area (Å²) in [6, 6.07) is 4.06. The third-order valence-electron chi connectivity index (χ3n) is 4.88. The van der Waals surface area contributed by atoms with Crippen LogP contribution < -0.4 is 10.1 Å². The highest BCUT2D eigenvalue weighted by molar-refractivity contribution is 6.31. The highest BCUT2D eigenvalue weighted by Crippen LogP contribution is 2.43. The molecule has 6 nitrogen and oxygen atoms in total. The van der Waals surface area contributed by atoms with Gasteiger partial charge in [-0.3, -0.25) is 9.78 Å². The van der Waals surface area contributed by atoms with E-state index in [0.29, 0.717) is 16.8 Å². The number of hydrogen-bond acceptors (Lipinski definition) is 5. The molecule has 1 N–H and O–H groups in total. The maximum Gasteiger partial charge on any atom is 0.227 e. The van der Waals surface area contributed by atoms with Gasteiger partial charge in [-0.05, 0) is 45.9 Å². The van der Waals surface area contributed by atoms with Gasteiger partial charge in [0.1, 0.15) is 10.9 Å². The van der Waals surface area contributed by atoms with E-state index in [4.69, 9.17) is 39.5 Å². The van der Waals surface area contributed by atoms with E-state index in [9.17, 15) is 4.79 Å². The van der Waals surface area contributed by atoms with Gasteiger partial charge < -0.3 is 10.1 Å². The normalized spacial score (nSPS) is 13.0. The molecule has 2 atom stereocenters. The van der Waals surface area contributed by atoms with Gasteiger partial charge in [-0.2, -0.15) is 0 Å². The fraction of sp³-hybridized carbons (Fsp3) is 0.304. The highest BCUT2D eigenvalue weighted by atomic mass is 35.5. The number of amides is 1. The van der Waals surface area contributed by atoms with Crippen molar-refractivity contribution < 1.29 is 13.9 Å². The Balaban J connectivity index is 2.04. The highest BCUT2D eigenvalue weighted by Gasteiger charge is 2.28. The van der Waals surface area contributed by atoms with Crippen LogP contribution in [0.2, 0.25) is 15.3 Å². The molecule has 0 saturated heterocycles. The summed E-state index contributed by atoms with van der Waals surface area (Å²) >= 11 is 18.2. The number of nitrogens with one attached hydrogen (secondary N) is 1. The van der Waals surface area contributed by atoms with Gasteiger partial charge in [0, 0.05) is 29.7 Å². The third kappa shape index (κ3) is 5.72. The molecule has 174 valence electrons. The lowest BCUT2D eigenvalue weighted by Gasteiger charge is -2.24. The standard InChI is InChI=1S/C23H22Cl3FN4O2/c1-11(2)33-21-15(9-16(24)19(27)18(21)14-5-6-17(25)30-10-14)12(3)23(32)31-13(4)20-22(26)29-8-7-28-20/h5-13H,1-4H3,(H,31,32)/t12-,13?/m0/s1. The minimum Gasteiger partial charge on any atom is -0.490 e. The Bertz CT molecular complexity index is 1160. The molecule has 0 aliphatic rings. The fourth-order valence-electron chi connectivity index (χ4n) is 3.26. The van der Waals surface area contributed by atoms with Crippen LogP contribution in [0.5, 0.6) is 5.75 Å². The molecule has 0 bridgehead atoms. The van der Waals surface area contributed by atoms with Gasteiger partial charge in [-0.1, -0.05) is 34.8 Å². The van der Waals surface area contributed by atoms with E-state index in [2.05, 4.69) is 20.3 Å². The lowest BCUT2D eigenvalue weighted by Crippen LogP contribution is -2.31. The minimum absolute atomic E-state index is 0.111. The Kier molecular flexibility index (Phi) is 8.10. The van der Waals surface area contributed by atoms with E-state index in [0.717, 1.165) is 0 Å². The predicted molar refractivity (Wildman–Crippen MR) is 127 cm³/mol. The number of nitrogens with zero attached hydrogens (tertiary/aromatic N) is 3. The molecule has 3 rings (SSSR count). The Hall–Kier alpha value is -2.48. The summed E-state index contributed by atoms with van der Waals surface area (Å²) in [5, 5.41) is 3.19. The summed E-state index contributed by atoms with van der Waals surface area (Å²) in [5.41, 5.74) is 1.39. The molecule has 10 heteroatoms. The molecule has 2 aromatic heterocycles. The van der Waals surface area contributed by atoms with Crippen LogP contribution in [0.15, 0.2) is 36.8 Å². The van der Waals surface area contributed by atoms with E-state index in [-0.39, 0.29) is 38.7 Å². The monoisotopic (exact) mass is 510 g/mol. The van der Waals surface area contributed by atoms with Crippen LogP contribution in [0.4, 0.5) is 4.39 Å². The van der Waals surface area contributed by atoms with Crippen molar-refractivity contribution in [2.75, 3.05) is 0 Å². The van der Waals surface area contributed by atoms with Gasteiger partial charge in [0.25, 0.3) is 0 Å². The van der Waals surface area contributed by atoms with Crippen LogP contribution in [-0.2, 0) is 4.79 Å². The molecule has 0 fully saturated rings. The average Bonchev–Trinajstić information content (AvgIpc) is 2.76. The molecule has 33 heavy (non-hydrogen) atoms. The first kappa shape index (κ1) is 25.1. The summed E-state index contributed by atoms with van der Waals surface area (Å²) in [5.74, 6) is -1.55. The number of ether oxygens (including phenoxy) is 1. The summed E-state index contributed by atoms with van der Waals surface area (Å²) in [6.45, 7) is 7.04. The van der Waals surface area contributed by atoms with Gasteiger partial charge in [0.2, 0.25) is 5.91 Å². The van der Waals surface area contributed by atoms with Crippen molar-refractivity contribution >= 4 is 40.7 Å². The Morgan fingerprint density at radius 1 is 1.06 bits per heavy atom. The number of hydrogen-bond donors (Lipinski definition) is 1. The summed E-state index contributed by atoms with van der Waals surface area (Å²) in [6.07, 6.45) is 4.09. The molecule has 0 saturated carbocycles. The Morgan fingerprint density at radius 2 is 1.76 bits per heavy atom. The third-order valence-corrected chi connectivity index (χ3v) is 5.67. The summed E-state index contributed by atoms with van der Waals surface area (Å²) in [4.78, 5) is 25.3. The van der Waals surface area contributed by atoms with Gasteiger partial charge in [0.15, 0.2) is 11.0 Å². The zero-order valence-corrected chi connectivity index (χ0v) is 20.6. The van der Waals surface area contributed by atoms with Crippen molar-refractivity contribution in [3.8, 4) is 16.9 Å². The second kappa shape index (κ2) is 10.6. The molecule has 0 aliphatic carbocycles. The van der Waals surface area contributed by atoms with Gasteiger partial charge in [0.05, 0.1) is 34.3 Å². The smallest absolute Gasteiger partial charge is 0.227 e. The second-order valence-corrected chi connectivity index (χ2v) is 8.84. The predicted octanol–water partition coefficient (Wildman–Crippen LogP) is 6.41. The number of benzene rings is 1. The summed E-state index contributed by atoms with van der Waals surface area (Å²) < 4.78 is 21.2. The van der Waals surface area contributed by atoms with Gasteiger partial charge >= 0.3 is 0 Å². The van der Waals surface area contributed by atoms with E-state index >= 15 is 4.39 Å². The molecular weight excluding hydrogens is 490 g/mol. The molecule has 1 unspecified atom stereocenters. The number of halogens is 4. The van der Waals surface area contributed by atoms with Crippen molar-refractivity contribution in [1.82, 2.24) is 20.3 Å². The molecule has 2 heterocycles. The van der Waals surface area contributed by atoms with Gasteiger partial charge in [-0.15, -0.1) is 0 Å². The van der Waals surface area contributed by atoms with Crippen molar-refractivity contribution in [1.29, 1.82) is 0 Å². The van der Waals surface area contributed by atoms with Crippen molar-refractivity contribution in [3.05, 3.63) is 69.2 Å². The topological polar surface area (TPSA) is 77.0 Å². The lowest BCUT2D eigenvalue weighted by molar-refractivity contribution is -0.122. The second-order valence-electron chi connectivity index (χ2n) is 7.69. The number of carbonyl (C=O) groups is 1. The SMILES string of the molecule is CC(C)Oc1c([C@H](C)C(=O)NC(C)c2nccnc2Cl)cc(Cl)c(F)c1-c1ccc(Cl)nc1. The molecule has 0 aliphatic heterocycles. The minimum atomic E-state index is -0.742. The van der Waals surface area contributed by atoms with Crippen LogP contribution in [0.1, 0.15) is 50.9 Å². The van der Waals surface area contributed by atoms with E-state index in [1.807, 2.05) is 13.8 Å². The maximum atomic E-state index is 15.2. The Morgan fingerprint density at radius 3 is 2.36 bits per heavy atom. The quantitative estimate of drug-likeness (QED) is 0.371. The lowest BCUT2D eigenvalue weighted by atomic mass is 9.93. The van der Waals surface area contributed by atoms with E-state index in [1.54, 1.807) is 26.0 Å². The van der Waals surface area contributed by atoms with Crippen molar-refractivity contribution in [2.45, 2.75) is 45.8 Å². The molecular formula is C23H22Cl3FN4O2. The molecule has 0 spiro atoms. The van der Waals surface area contributed by atoms with Crippen LogP contribution in [0.3, 0.4) is 0 Å². The van der Waals surface area contributed by atoms with E-state index < -0.39 is 17.8 Å². The number of pyridine rings is 1. The number of rotatable bonds is 7. The average molecular weight is 512 g/mol. The molecule has 1 amide bonds. The summed E-state index contributed by atoms with van der Waals surface area (Å²) in [7, 11) is 0. The maximum absolute atomic E-state index is 15.2. The number of aromatic nitrogens is 3. The van der Waals surface area contributed by atoms with Crippen LogP contribution in [0.25, 0.3) is 11.1 Å². The zero-order chi connectivity index (χ0) is 24.3. The zero-order valence-electron chi connectivity index (χ0n) is 18.4. The first-order chi connectivity index (χ1) is 15.6. The van der Waals surface area contributed by atoms with Crippen molar-refractivity contribution in [2.24, 2.45) is 0 Å². The number of carbonyl (C=O) groups excluding carboxylic acids is 1. The van der Waals surface area contributed by atoms with Crippen molar-refractivity contribution in [3.63, 3.8) is 0 Å². The van der Waals surface area contributed by atoms with Crippen LogP contribution in [-0.4, -0.2) is 27.0 Å². The molecule has 0 radical (unpaired) electrons. The largest absolute Gasteiger partial charge is 0.490 e. The first-order valence-electron chi connectivity index (χ1n) is 10.2. The van der Waals surface area contributed by atoms with Crippen LogP contribution >= 0.6 is 34.8 Å². The van der Waals surface area contributed by atoms with Gasteiger partial charge in [-0.25, -0.2) is 14.4 Å². The fourth-order valence-corrected chi connectivity index (χ4v) is 3.86. The van der Waals surface area contributed by atoms with E-state index in [1.165, 1.54) is 24.7 Å².